The lowest BCUT2D eigenvalue weighted by Gasteiger charge is -2.51. The predicted octanol–water partition coefficient (Wildman–Crippen LogP) is 1.46. The number of piperidine rings is 4. The van der Waals surface area contributed by atoms with Crippen LogP contribution in [-0.4, -0.2) is 58.7 Å². The highest BCUT2D eigenvalue weighted by Gasteiger charge is 2.42. The lowest BCUT2D eigenvalue weighted by molar-refractivity contribution is -0.0670. The minimum absolute atomic E-state index is 0.717. The van der Waals surface area contributed by atoms with Gasteiger partial charge in [-0.1, -0.05) is 6.07 Å². The molecule has 1 N–H and O–H groups in total. The molecule has 1 atom stereocenters. The van der Waals surface area contributed by atoms with Crippen LogP contribution in [0.5, 0.6) is 0 Å². The van der Waals surface area contributed by atoms with E-state index in [4.69, 9.17) is 0 Å². The number of nitrogens with zero attached hydrogens (tertiary/aromatic N) is 3. The predicted molar refractivity (Wildman–Crippen MR) is 81.9 cm³/mol. The van der Waals surface area contributed by atoms with E-state index in [9.17, 15) is 5.11 Å². The number of likely N-dealkylation sites (tertiary alicyclic amines) is 1. The second-order valence-corrected chi connectivity index (χ2v) is 6.99. The van der Waals surface area contributed by atoms with Gasteiger partial charge in [-0.25, -0.2) is 0 Å². The third-order valence-electron chi connectivity index (χ3n) is 5.86. The fourth-order valence-corrected chi connectivity index (χ4v) is 4.47. The van der Waals surface area contributed by atoms with Crippen LogP contribution in [-0.2, 0) is 5.60 Å². The lowest BCUT2D eigenvalue weighted by Crippen LogP contribution is -2.59. The molecule has 0 aromatic carbocycles. The van der Waals surface area contributed by atoms with Crippen molar-refractivity contribution in [1.82, 2.24) is 14.8 Å². The summed E-state index contributed by atoms with van der Waals surface area (Å²) in [6.07, 6.45) is 6.14. The zero-order valence-electron chi connectivity index (χ0n) is 12.6. The van der Waals surface area contributed by atoms with Crippen LogP contribution in [0.25, 0.3) is 0 Å². The fraction of sp³-hybridized carbons (Fsp3) is 0.706. The van der Waals surface area contributed by atoms with Crippen LogP contribution in [0.4, 0.5) is 0 Å². The topological polar surface area (TPSA) is 39.6 Å². The van der Waals surface area contributed by atoms with Gasteiger partial charge in [-0.15, -0.1) is 0 Å². The van der Waals surface area contributed by atoms with Crippen molar-refractivity contribution in [2.45, 2.75) is 37.3 Å². The van der Waals surface area contributed by atoms with Crippen molar-refractivity contribution in [3.63, 3.8) is 0 Å². The summed E-state index contributed by atoms with van der Waals surface area (Å²) < 4.78 is 0. The standard InChI is InChI=1S/C17H25N3O/c21-17(16-3-1-2-8-18-16)6-11-20(12-7-17)15-13-19-9-4-14(15)5-10-19/h1-3,8,14-15,21H,4-7,9-13H2/t15-/m1/s1. The van der Waals surface area contributed by atoms with Gasteiger partial charge in [-0.2, -0.15) is 0 Å². The Morgan fingerprint density at radius 3 is 2.43 bits per heavy atom. The number of pyridine rings is 1. The number of hydrogen-bond acceptors (Lipinski definition) is 4. The average molecular weight is 287 g/mol. The molecule has 4 aliphatic rings. The normalized spacial score (nSPS) is 35.8. The molecule has 4 fully saturated rings. The molecule has 1 aromatic rings. The Morgan fingerprint density at radius 2 is 1.86 bits per heavy atom. The van der Waals surface area contributed by atoms with Crippen LogP contribution in [0, 0.1) is 5.92 Å². The van der Waals surface area contributed by atoms with Gasteiger partial charge in [0.2, 0.25) is 0 Å². The molecule has 4 nitrogen and oxygen atoms in total. The van der Waals surface area contributed by atoms with Crippen LogP contribution in [0.3, 0.4) is 0 Å². The Kier molecular flexibility index (Phi) is 3.48. The van der Waals surface area contributed by atoms with Crippen LogP contribution in [0.2, 0.25) is 0 Å². The van der Waals surface area contributed by atoms with E-state index in [1.54, 1.807) is 6.20 Å². The van der Waals surface area contributed by atoms with Gasteiger partial charge in [-0.3, -0.25) is 9.88 Å². The molecule has 0 unspecified atom stereocenters. The van der Waals surface area contributed by atoms with Crippen LogP contribution in [0.15, 0.2) is 24.4 Å². The highest BCUT2D eigenvalue weighted by atomic mass is 16.3. The SMILES string of the molecule is OC1(c2ccccn2)CCN([C@@H]2CN3CCC2CC3)CC1. The first-order valence-electron chi connectivity index (χ1n) is 8.35. The summed E-state index contributed by atoms with van der Waals surface area (Å²) in [6.45, 7) is 5.84. The van der Waals surface area contributed by atoms with Gasteiger partial charge >= 0.3 is 0 Å². The van der Waals surface area contributed by atoms with E-state index in [1.165, 1.54) is 32.5 Å². The quantitative estimate of drug-likeness (QED) is 0.894. The van der Waals surface area contributed by atoms with E-state index in [0.717, 1.165) is 43.6 Å². The maximum absolute atomic E-state index is 10.9. The van der Waals surface area contributed by atoms with Gasteiger partial charge in [0.05, 0.1) is 5.69 Å². The zero-order chi connectivity index (χ0) is 14.3. The van der Waals surface area contributed by atoms with E-state index in [-0.39, 0.29) is 0 Å². The molecule has 5 rings (SSSR count). The molecule has 0 amide bonds. The number of hydrogen-bond donors (Lipinski definition) is 1. The second-order valence-electron chi connectivity index (χ2n) is 6.99. The van der Waals surface area contributed by atoms with Gasteiger partial charge < -0.3 is 10.0 Å². The Labute approximate surface area is 126 Å². The third kappa shape index (κ3) is 2.50. The zero-order valence-corrected chi connectivity index (χ0v) is 12.6. The molecule has 4 saturated heterocycles. The summed E-state index contributed by atoms with van der Waals surface area (Å²) in [7, 11) is 0. The molecule has 0 aliphatic carbocycles. The number of aliphatic hydroxyl groups is 1. The van der Waals surface area contributed by atoms with Crippen molar-refractivity contribution in [2.24, 2.45) is 5.92 Å². The Bertz CT molecular complexity index is 476. The molecule has 0 saturated carbocycles. The van der Waals surface area contributed by atoms with E-state index in [2.05, 4.69) is 14.8 Å². The van der Waals surface area contributed by atoms with Gasteiger partial charge in [-0.05, 0) is 56.8 Å². The van der Waals surface area contributed by atoms with Crippen molar-refractivity contribution < 1.29 is 5.11 Å². The molecule has 114 valence electrons. The van der Waals surface area contributed by atoms with Crippen LogP contribution >= 0.6 is 0 Å². The van der Waals surface area contributed by atoms with Crippen LogP contribution < -0.4 is 0 Å². The molecule has 21 heavy (non-hydrogen) atoms. The number of aromatic nitrogens is 1. The largest absolute Gasteiger partial charge is 0.383 e. The molecule has 4 aliphatic heterocycles. The Morgan fingerprint density at radius 1 is 1.10 bits per heavy atom. The summed E-state index contributed by atoms with van der Waals surface area (Å²) in [4.78, 5) is 9.62. The molecule has 5 heterocycles. The first-order chi connectivity index (χ1) is 10.2. The average Bonchev–Trinajstić information content (AvgIpc) is 2.57. The number of fused-ring (bicyclic) bond motifs is 3. The molecular weight excluding hydrogens is 262 g/mol. The smallest absolute Gasteiger partial charge is 0.109 e. The molecule has 2 bridgehead atoms. The third-order valence-corrected chi connectivity index (χ3v) is 5.86. The van der Waals surface area contributed by atoms with E-state index in [0.29, 0.717) is 0 Å². The van der Waals surface area contributed by atoms with E-state index >= 15 is 0 Å². The maximum atomic E-state index is 10.9. The van der Waals surface area contributed by atoms with Crippen molar-refractivity contribution >= 4 is 0 Å². The highest BCUT2D eigenvalue weighted by molar-refractivity contribution is 5.14. The molecular formula is C17H25N3O. The first kappa shape index (κ1) is 13.7. The van der Waals surface area contributed by atoms with Gasteiger partial charge in [0.1, 0.15) is 5.60 Å². The second kappa shape index (κ2) is 5.34. The number of rotatable bonds is 2. The van der Waals surface area contributed by atoms with Crippen molar-refractivity contribution in [3.05, 3.63) is 30.1 Å². The Hall–Kier alpha value is -0.970. The van der Waals surface area contributed by atoms with E-state index in [1.807, 2.05) is 18.2 Å². The summed E-state index contributed by atoms with van der Waals surface area (Å²) in [5, 5.41) is 10.9. The molecule has 1 aromatic heterocycles. The summed E-state index contributed by atoms with van der Waals surface area (Å²) >= 11 is 0. The van der Waals surface area contributed by atoms with Crippen LogP contribution in [0.1, 0.15) is 31.4 Å². The van der Waals surface area contributed by atoms with Crippen molar-refractivity contribution in [3.8, 4) is 0 Å². The molecule has 0 spiro atoms. The maximum Gasteiger partial charge on any atom is 0.109 e. The lowest BCUT2D eigenvalue weighted by atomic mass is 9.80. The summed E-state index contributed by atoms with van der Waals surface area (Å²) in [5.74, 6) is 0.885. The van der Waals surface area contributed by atoms with Gasteiger partial charge in [0.25, 0.3) is 0 Å². The monoisotopic (exact) mass is 287 g/mol. The fourth-order valence-electron chi connectivity index (χ4n) is 4.47. The van der Waals surface area contributed by atoms with Crippen molar-refractivity contribution in [1.29, 1.82) is 0 Å². The van der Waals surface area contributed by atoms with Gasteiger partial charge in [0.15, 0.2) is 0 Å². The first-order valence-corrected chi connectivity index (χ1v) is 8.35. The summed E-state index contributed by atoms with van der Waals surface area (Å²) in [5.41, 5.74) is 0.129. The minimum Gasteiger partial charge on any atom is -0.383 e. The van der Waals surface area contributed by atoms with Crippen molar-refractivity contribution in [2.75, 3.05) is 32.7 Å². The Balaban J connectivity index is 1.43. The minimum atomic E-state index is -0.717. The highest BCUT2D eigenvalue weighted by Crippen LogP contribution is 2.36. The van der Waals surface area contributed by atoms with E-state index < -0.39 is 5.60 Å². The van der Waals surface area contributed by atoms with Gasteiger partial charge in [0, 0.05) is 31.9 Å². The summed E-state index contributed by atoms with van der Waals surface area (Å²) in [6, 6.07) is 6.57. The molecule has 4 heteroatoms. The molecule has 0 radical (unpaired) electrons.